The van der Waals surface area contributed by atoms with Crippen LogP contribution in [-0.2, 0) is 36.4 Å². The lowest BCUT2D eigenvalue weighted by Gasteiger charge is -2.33. The van der Waals surface area contributed by atoms with Crippen molar-refractivity contribution in [3.05, 3.63) is 68.4 Å². The monoisotopic (exact) mass is 768 g/mol. The van der Waals surface area contributed by atoms with E-state index in [2.05, 4.69) is 4.98 Å². The predicted molar refractivity (Wildman–Crippen MR) is 184 cm³/mol. The van der Waals surface area contributed by atoms with Gasteiger partial charge < -0.3 is 18.6 Å². The standard InChI is InChI=1S/C34H39F3N4O9S2/c1-17-25-28(42)41(34(5,6)30(43)39-52(45,46)33(2,3)4)32(44)40(29(25)51-26(17)27-38-11-12-47-27)16-24(49-21-14-19-8-9-20(15-21)48-19)22-13-18(35)7-10-23(22)50-31(36)37/h7,10-13,19-21,24,31H,8-9,14-16H2,1-6H3,(H,39,43)/t19-,20+,21-,24-/m0/s1. The molecule has 0 spiro atoms. The van der Waals surface area contributed by atoms with E-state index in [-0.39, 0.29) is 39.6 Å². The van der Waals surface area contributed by atoms with E-state index in [1.165, 1.54) is 47.1 Å². The topological polar surface area (TPSA) is 161 Å². The normalized spacial score (nSPS) is 20.1. The van der Waals surface area contributed by atoms with Crippen LogP contribution in [0, 0.1) is 12.7 Å². The van der Waals surface area contributed by atoms with E-state index >= 15 is 0 Å². The number of hydrogen-bond acceptors (Lipinski definition) is 11. The summed E-state index contributed by atoms with van der Waals surface area (Å²) in [6.07, 6.45) is 3.27. The molecule has 6 rings (SSSR count). The van der Waals surface area contributed by atoms with Gasteiger partial charge in [0.05, 0.1) is 46.1 Å². The van der Waals surface area contributed by atoms with Crippen molar-refractivity contribution < 1.29 is 45.0 Å². The molecule has 2 aliphatic rings. The second kappa shape index (κ2) is 13.8. The molecule has 0 aliphatic carbocycles. The number of amides is 1. The molecular weight excluding hydrogens is 730 g/mol. The van der Waals surface area contributed by atoms with Gasteiger partial charge in [0.1, 0.15) is 34.3 Å². The Morgan fingerprint density at radius 2 is 1.81 bits per heavy atom. The molecule has 52 heavy (non-hydrogen) atoms. The lowest BCUT2D eigenvalue weighted by Crippen LogP contribution is -2.58. The highest BCUT2D eigenvalue weighted by molar-refractivity contribution is 7.91. The lowest BCUT2D eigenvalue weighted by atomic mass is 10.0. The summed E-state index contributed by atoms with van der Waals surface area (Å²) in [5.74, 6) is -2.18. The van der Waals surface area contributed by atoms with E-state index < -0.39 is 68.6 Å². The number of sulfonamides is 1. The van der Waals surface area contributed by atoms with Crippen LogP contribution >= 0.6 is 11.3 Å². The van der Waals surface area contributed by atoms with Crippen molar-refractivity contribution in [3.8, 4) is 16.5 Å². The van der Waals surface area contributed by atoms with Crippen molar-refractivity contribution in [1.29, 1.82) is 0 Å². The number of rotatable bonds is 11. The number of ether oxygens (including phenoxy) is 3. The van der Waals surface area contributed by atoms with Gasteiger partial charge >= 0.3 is 12.3 Å². The zero-order chi connectivity index (χ0) is 37.9. The van der Waals surface area contributed by atoms with Gasteiger partial charge in [0, 0.05) is 5.56 Å². The number of aryl methyl sites for hydroxylation is 1. The maximum Gasteiger partial charge on any atom is 0.387 e. The van der Waals surface area contributed by atoms with Crippen molar-refractivity contribution in [3.63, 3.8) is 0 Å². The number of nitrogens with zero attached hydrogens (tertiary/aromatic N) is 3. The molecule has 2 fully saturated rings. The van der Waals surface area contributed by atoms with Crippen molar-refractivity contribution >= 4 is 37.5 Å². The Morgan fingerprint density at radius 1 is 1.13 bits per heavy atom. The lowest BCUT2D eigenvalue weighted by molar-refractivity contribution is -0.126. The van der Waals surface area contributed by atoms with Gasteiger partial charge in [-0.3, -0.25) is 18.9 Å². The summed E-state index contributed by atoms with van der Waals surface area (Å²) in [5.41, 5.74) is -3.81. The summed E-state index contributed by atoms with van der Waals surface area (Å²) in [6, 6.07) is 2.98. The molecule has 1 aromatic carbocycles. The molecule has 13 nitrogen and oxygen atoms in total. The van der Waals surface area contributed by atoms with E-state index in [0.29, 0.717) is 27.8 Å². The molecule has 282 valence electrons. The van der Waals surface area contributed by atoms with Crippen LogP contribution < -0.4 is 20.7 Å². The number of oxazole rings is 1. The van der Waals surface area contributed by atoms with Crippen LogP contribution in [0.5, 0.6) is 5.75 Å². The summed E-state index contributed by atoms with van der Waals surface area (Å²) < 4.78 is 93.4. The number of hydrogen-bond donors (Lipinski definition) is 1. The number of benzene rings is 1. The number of fused-ring (bicyclic) bond motifs is 3. The molecular formula is C34H39F3N4O9S2. The number of thiophene rings is 1. The first-order valence-electron chi connectivity index (χ1n) is 16.6. The second-order valence-corrected chi connectivity index (χ2v) is 17.9. The first-order chi connectivity index (χ1) is 24.3. The summed E-state index contributed by atoms with van der Waals surface area (Å²) in [7, 11) is -4.28. The molecule has 4 atom stereocenters. The van der Waals surface area contributed by atoms with E-state index in [4.69, 9.17) is 18.6 Å². The fraction of sp³-hybridized carbons (Fsp3) is 0.529. The minimum Gasteiger partial charge on any atom is -0.444 e. The van der Waals surface area contributed by atoms with E-state index in [9.17, 15) is 36.0 Å². The number of halogens is 3. The minimum atomic E-state index is -4.28. The molecule has 0 radical (unpaired) electrons. The van der Waals surface area contributed by atoms with Gasteiger partial charge in [0.2, 0.25) is 15.9 Å². The molecule has 3 aromatic heterocycles. The molecule has 2 aliphatic heterocycles. The molecule has 2 saturated heterocycles. The van der Waals surface area contributed by atoms with Crippen molar-refractivity contribution in [2.75, 3.05) is 0 Å². The van der Waals surface area contributed by atoms with Crippen LogP contribution in [0.2, 0.25) is 0 Å². The van der Waals surface area contributed by atoms with E-state index in [0.717, 1.165) is 46.9 Å². The smallest absolute Gasteiger partial charge is 0.387 e. The third-order valence-corrected chi connectivity index (χ3v) is 12.8. The molecule has 4 aromatic rings. The van der Waals surface area contributed by atoms with Gasteiger partial charge in [-0.25, -0.2) is 27.2 Å². The van der Waals surface area contributed by atoms with Gasteiger partial charge in [-0.2, -0.15) is 8.78 Å². The van der Waals surface area contributed by atoms with Gasteiger partial charge in [0.25, 0.3) is 11.5 Å². The first-order valence-corrected chi connectivity index (χ1v) is 18.9. The summed E-state index contributed by atoms with van der Waals surface area (Å²) in [4.78, 5) is 47.5. The maximum atomic E-state index is 14.9. The summed E-state index contributed by atoms with van der Waals surface area (Å²) in [5, 5.41) is -0.0106. The highest BCUT2D eigenvalue weighted by atomic mass is 32.2. The summed E-state index contributed by atoms with van der Waals surface area (Å²) in [6.45, 7) is 4.45. The van der Waals surface area contributed by atoms with Crippen LogP contribution in [0.4, 0.5) is 13.2 Å². The first kappa shape index (κ1) is 37.7. The van der Waals surface area contributed by atoms with Crippen LogP contribution in [0.3, 0.4) is 0 Å². The summed E-state index contributed by atoms with van der Waals surface area (Å²) >= 11 is 0.986. The Kier molecular flexibility index (Phi) is 9.99. The molecule has 1 N–H and O–H groups in total. The Bertz CT molecular complexity index is 2210. The molecule has 0 unspecified atom stereocenters. The largest absolute Gasteiger partial charge is 0.444 e. The zero-order valence-corrected chi connectivity index (χ0v) is 30.9. The number of carbonyl (C=O) groups excluding carboxylic acids is 1. The highest BCUT2D eigenvalue weighted by Gasteiger charge is 2.42. The third kappa shape index (κ3) is 7.04. The van der Waals surface area contributed by atoms with Crippen LogP contribution in [0.25, 0.3) is 21.0 Å². The Balaban J connectivity index is 1.57. The molecule has 2 bridgehead atoms. The second-order valence-electron chi connectivity index (χ2n) is 14.4. The average Bonchev–Trinajstić information content (AvgIpc) is 3.77. The van der Waals surface area contributed by atoms with Crippen molar-refractivity contribution in [2.45, 2.75) is 115 Å². The number of nitrogens with one attached hydrogen (secondary N) is 1. The van der Waals surface area contributed by atoms with E-state index in [1.54, 1.807) is 6.92 Å². The van der Waals surface area contributed by atoms with Gasteiger partial charge in [-0.15, -0.1) is 11.3 Å². The molecule has 0 saturated carbocycles. The average molecular weight is 769 g/mol. The Morgan fingerprint density at radius 3 is 2.40 bits per heavy atom. The van der Waals surface area contributed by atoms with Crippen molar-refractivity contribution in [2.24, 2.45) is 0 Å². The minimum absolute atomic E-state index is 0.0106. The molecule has 1 amide bonds. The Labute approximate surface area is 300 Å². The SMILES string of the molecule is Cc1c(-c2ncco2)sc2c1c(=O)n(C(C)(C)C(=O)NS(=O)(=O)C(C)(C)C)c(=O)n2C[C@H](O[C@@H]1C[C@H]2CC[C@@H](C1)O2)c1cc(F)ccc1OC(F)F. The highest BCUT2D eigenvalue weighted by Crippen LogP contribution is 2.40. The molecule has 18 heteroatoms. The number of carbonyl (C=O) groups is 1. The maximum absolute atomic E-state index is 14.9. The fourth-order valence-corrected chi connectivity index (χ4v) is 8.59. The third-order valence-electron chi connectivity index (χ3n) is 9.47. The van der Waals surface area contributed by atoms with Gasteiger partial charge in [-0.1, -0.05) is 0 Å². The number of aromatic nitrogens is 3. The van der Waals surface area contributed by atoms with Crippen molar-refractivity contribution in [1.82, 2.24) is 18.8 Å². The number of alkyl halides is 2. The zero-order valence-electron chi connectivity index (χ0n) is 29.3. The fourth-order valence-electron chi connectivity index (χ4n) is 6.55. The van der Waals surface area contributed by atoms with Crippen LogP contribution in [0.15, 0.2) is 44.7 Å². The molecule has 5 heterocycles. The quantitative estimate of drug-likeness (QED) is 0.210. The predicted octanol–water partition coefficient (Wildman–Crippen LogP) is 5.38. The van der Waals surface area contributed by atoms with Crippen LogP contribution in [0.1, 0.15) is 77.5 Å². The van der Waals surface area contributed by atoms with Gasteiger partial charge in [-0.05, 0) is 91.0 Å². The Hall–Kier alpha value is -4.00. The van der Waals surface area contributed by atoms with E-state index in [1.807, 2.05) is 4.72 Å². The van der Waals surface area contributed by atoms with Crippen LogP contribution in [-0.4, -0.2) is 58.1 Å². The van der Waals surface area contributed by atoms with Gasteiger partial charge in [0.15, 0.2) is 0 Å².